The van der Waals surface area contributed by atoms with Crippen LogP contribution in [0, 0.1) is 0 Å². The predicted octanol–water partition coefficient (Wildman–Crippen LogP) is 7.50. The molecule has 0 spiro atoms. The molecule has 1 aliphatic heterocycles. The third-order valence-corrected chi connectivity index (χ3v) is 6.41. The Hall–Kier alpha value is -3.27. The van der Waals surface area contributed by atoms with Crippen LogP contribution in [0.3, 0.4) is 0 Å². The molecular weight excluding hydrogens is 436 g/mol. The Bertz CT molecular complexity index is 1180. The van der Waals surface area contributed by atoms with Gasteiger partial charge in [0.05, 0.1) is 12.0 Å². The largest absolute Gasteiger partial charge is 0.508 e. The quantitative estimate of drug-likeness (QED) is 0.408. The molecule has 35 heavy (non-hydrogen) atoms. The molecule has 0 amide bonds. The van der Waals surface area contributed by atoms with E-state index in [1.807, 2.05) is 66.7 Å². The van der Waals surface area contributed by atoms with Gasteiger partial charge in [-0.05, 0) is 109 Å². The van der Waals surface area contributed by atoms with E-state index < -0.39 is 5.60 Å². The van der Waals surface area contributed by atoms with Crippen LogP contribution in [0.15, 0.2) is 59.2 Å². The van der Waals surface area contributed by atoms with E-state index in [-0.39, 0.29) is 23.7 Å². The van der Waals surface area contributed by atoms with Gasteiger partial charge in [-0.25, -0.2) is 0 Å². The zero-order valence-electron chi connectivity index (χ0n) is 22.1. The van der Waals surface area contributed by atoms with Gasteiger partial charge in [0.1, 0.15) is 22.8 Å². The molecule has 1 aliphatic rings. The number of carbonyl (C=O) groups is 1. The number of rotatable bonds is 7. The Labute approximate surface area is 209 Å². The van der Waals surface area contributed by atoms with Crippen molar-refractivity contribution in [3.63, 3.8) is 0 Å². The van der Waals surface area contributed by atoms with Gasteiger partial charge in [0.2, 0.25) is 0 Å². The van der Waals surface area contributed by atoms with Crippen LogP contribution in [-0.2, 0) is 24.9 Å². The first-order valence-electron chi connectivity index (χ1n) is 12.2. The Morgan fingerprint density at radius 1 is 0.886 bits per heavy atom. The Balaban J connectivity index is 2.15. The third kappa shape index (κ3) is 6.05. The van der Waals surface area contributed by atoms with E-state index in [2.05, 4.69) is 12.2 Å². The summed E-state index contributed by atoms with van der Waals surface area (Å²) in [6.45, 7) is 14.1. The minimum atomic E-state index is -0.926. The van der Waals surface area contributed by atoms with E-state index in [0.29, 0.717) is 36.1 Å². The lowest BCUT2D eigenvalue weighted by Gasteiger charge is -2.37. The highest BCUT2D eigenvalue weighted by atomic mass is 16.5. The molecular formula is C31H38O4. The minimum absolute atomic E-state index is 0.0167. The summed E-state index contributed by atoms with van der Waals surface area (Å²) < 4.78 is 6.60. The summed E-state index contributed by atoms with van der Waals surface area (Å²) >= 11 is 0. The molecule has 186 valence electrons. The molecule has 4 heteroatoms. The minimum Gasteiger partial charge on any atom is -0.508 e. The van der Waals surface area contributed by atoms with Gasteiger partial charge in [-0.15, -0.1) is 0 Å². The molecule has 1 heterocycles. The highest BCUT2D eigenvalue weighted by Gasteiger charge is 2.40. The van der Waals surface area contributed by atoms with Crippen molar-refractivity contribution in [3.05, 3.63) is 87.0 Å². The lowest BCUT2D eigenvalue weighted by Crippen LogP contribution is -2.37. The molecule has 3 rings (SSSR count). The third-order valence-electron chi connectivity index (χ3n) is 6.41. The SMILES string of the molecule is CC(C)=CCc1cc([C@]2(C)CC(=O)c3ccc(O)c(CC=C(C)C)c3O2)cc(CC=C(C)C)c1O. The number of fused-ring (bicyclic) bond motifs is 1. The van der Waals surface area contributed by atoms with Crippen LogP contribution < -0.4 is 4.74 Å². The first kappa shape index (κ1) is 26.3. The van der Waals surface area contributed by atoms with Gasteiger partial charge in [0, 0.05) is 5.56 Å². The van der Waals surface area contributed by atoms with E-state index in [0.717, 1.165) is 22.3 Å². The van der Waals surface area contributed by atoms with Crippen molar-refractivity contribution in [1.82, 2.24) is 0 Å². The lowest BCUT2D eigenvalue weighted by atomic mass is 9.82. The fourth-order valence-corrected chi connectivity index (χ4v) is 4.29. The zero-order valence-corrected chi connectivity index (χ0v) is 22.1. The highest BCUT2D eigenvalue weighted by Crippen LogP contribution is 2.45. The maximum absolute atomic E-state index is 13.3. The van der Waals surface area contributed by atoms with Crippen LogP contribution >= 0.6 is 0 Å². The zero-order chi connectivity index (χ0) is 25.9. The number of hydrogen-bond acceptors (Lipinski definition) is 4. The van der Waals surface area contributed by atoms with E-state index in [1.54, 1.807) is 12.1 Å². The van der Waals surface area contributed by atoms with Crippen molar-refractivity contribution in [2.75, 3.05) is 0 Å². The van der Waals surface area contributed by atoms with Crippen molar-refractivity contribution < 1.29 is 19.7 Å². The molecule has 0 radical (unpaired) electrons. The highest BCUT2D eigenvalue weighted by molar-refractivity contribution is 6.01. The van der Waals surface area contributed by atoms with E-state index in [4.69, 9.17) is 4.74 Å². The van der Waals surface area contributed by atoms with E-state index in [1.165, 1.54) is 11.1 Å². The van der Waals surface area contributed by atoms with Crippen molar-refractivity contribution in [1.29, 1.82) is 0 Å². The second kappa shape index (κ2) is 10.6. The summed E-state index contributed by atoms with van der Waals surface area (Å²) in [5, 5.41) is 21.6. The predicted molar refractivity (Wildman–Crippen MR) is 143 cm³/mol. The summed E-state index contributed by atoms with van der Waals surface area (Å²) in [5.41, 5.74) is 6.13. The molecule has 2 aromatic rings. The van der Waals surface area contributed by atoms with Gasteiger partial charge < -0.3 is 14.9 Å². The Kier molecular flexibility index (Phi) is 7.94. The summed E-state index contributed by atoms with van der Waals surface area (Å²) in [7, 11) is 0. The van der Waals surface area contributed by atoms with E-state index >= 15 is 0 Å². The van der Waals surface area contributed by atoms with Crippen LogP contribution in [0.4, 0.5) is 0 Å². The van der Waals surface area contributed by atoms with Gasteiger partial charge in [-0.2, -0.15) is 0 Å². The maximum atomic E-state index is 13.3. The molecule has 0 aromatic heterocycles. The second-order valence-corrected chi connectivity index (χ2v) is 10.5. The van der Waals surface area contributed by atoms with Gasteiger partial charge in [-0.1, -0.05) is 34.9 Å². The standard InChI is InChI=1S/C31H38O4/c1-19(2)8-11-22-16-24(17-23(29(22)34)12-9-20(3)4)31(7)18-28(33)26-14-15-27(32)25(30(26)35-31)13-10-21(5)6/h8-10,14-17,32,34H,11-13,18H2,1-7H3/t31-/m0/s1. The van der Waals surface area contributed by atoms with Gasteiger partial charge in [0.15, 0.2) is 5.78 Å². The van der Waals surface area contributed by atoms with Crippen LogP contribution in [0.25, 0.3) is 0 Å². The molecule has 2 N–H and O–H groups in total. The van der Waals surface area contributed by atoms with Crippen molar-refractivity contribution >= 4 is 5.78 Å². The summed E-state index contributed by atoms with van der Waals surface area (Å²) in [6.07, 6.45) is 8.04. The van der Waals surface area contributed by atoms with Gasteiger partial charge in [-0.3, -0.25) is 4.79 Å². The number of hydrogen-bond donors (Lipinski definition) is 2. The Morgan fingerprint density at radius 3 is 1.91 bits per heavy atom. The average Bonchev–Trinajstić information content (AvgIpc) is 2.76. The van der Waals surface area contributed by atoms with Crippen molar-refractivity contribution in [3.8, 4) is 17.2 Å². The number of ether oxygens (including phenoxy) is 1. The van der Waals surface area contributed by atoms with Crippen LogP contribution in [0.5, 0.6) is 17.2 Å². The molecule has 0 bridgehead atoms. The fraction of sp³-hybridized carbons (Fsp3) is 0.387. The summed E-state index contributed by atoms with van der Waals surface area (Å²) in [5.74, 6) is 0.845. The normalized spacial score (nSPS) is 16.7. The molecule has 0 unspecified atom stereocenters. The number of Topliss-reactive ketones (excluding diaryl/α,β-unsaturated/α-hetero) is 1. The molecule has 0 fully saturated rings. The second-order valence-electron chi connectivity index (χ2n) is 10.5. The number of aromatic hydroxyl groups is 2. The fourth-order valence-electron chi connectivity index (χ4n) is 4.29. The average molecular weight is 475 g/mol. The molecule has 0 aliphatic carbocycles. The van der Waals surface area contributed by atoms with Crippen LogP contribution in [-0.4, -0.2) is 16.0 Å². The van der Waals surface area contributed by atoms with Crippen LogP contribution in [0.1, 0.15) is 87.5 Å². The lowest BCUT2D eigenvalue weighted by molar-refractivity contribution is 0.0494. The molecule has 1 atom stereocenters. The van der Waals surface area contributed by atoms with E-state index in [9.17, 15) is 15.0 Å². The van der Waals surface area contributed by atoms with Crippen molar-refractivity contribution in [2.45, 2.75) is 79.8 Å². The number of ketones is 1. The molecule has 4 nitrogen and oxygen atoms in total. The first-order chi connectivity index (χ1) is 16.4. The summed E-state index contributed by atoms with van der Waals surface area (Å²) in [4.78, 5) is 13.3. The maximum Gasteiger partial charge on any atom is 0.170 e. The molecule has 0 saturated carbocycles. The number of allylic oxidation sites excluding steroid dienone is 6. The monoisotopic (exact) mass is 474 g/mol. The topological polar surface area (TPSA) is 66.8 Å². The Morgan fingerprint density at radius 2 is 1.40 bits per heavy atom. The number of phenols is 2. The first-order valence-corrected chi connectivity index (χ1v) is 12.2. The molecule has 0 saturated heterocycles. The number of benzene rings is 2. The smallest absolute Gasteiger partial charge is 0.170 e. The molecule has 2 aromatic carbocycles. The van der Waals surface area contributed by atoms with Crippen LogP contribution in [0.2, 0.25) is 0 Å². The van der Waals surface area contributed by atoms with Gasteiger partial charge in [0.25, 0.3) is 0 Å². The number of phenolic OH excluding ortho intramolecular Hbond substituents is 2. The summed E-state index contributed by atoms with van der Waals surface area (Å²) in [6, 6.07) is 7.14. The number of carbonyl (C=O) groups excluding carboxylic acids is 1. The van der Waals surface area contributed by atoms with Gasteiger partial charge >= 0.3 is 0 Å². The van der Waals surface area contributed by atoms with Crippen molar-refractivity contribution in [2.24, 2.45) is 0 Å².